The number of barbiturate groups is 1. The number of nitrogens with zero attached hydrogens (tertiary/aromatic N) is 1. The van der Waals surface area contributed by atoms with E-state index in [4.69, 9.17) is 25.8 Å². The van der Waals surface area contributed by atoms with Crippen molar-refractivity contribution in [1.82, 2.24) is 5.32 Å². The summed E-state index contributed by atoms with van der Waals surface area (Å²) in [5.74, 6) is -0.149. The molecule has 0 bridgehead atoms. The molecule has 0 spiro atoms. The Morgan fingerprint density at radius 3 is 2.30 bits per heavy atom. The zero-order valence-corrected chi connectivity index (χ0v) is 27.5. The quantitative estimate of drug-likeness (QED) is 0.115. The van der Waals surface area contributed by atoms with Crippen LogP contribution in [0.3, 0.4) is 0 Å². The lowest BCUT2D eigenvalue weighted by molar-refractivity contribution is -0.122. The van der Waals surface area contributed by atoms with E-state index in [-0.39, 0.29) is 17.9 Å². The average molecular weight is 712 g/mol. The molecule has 47 heavy (non-hydrogen) atoms. The van der Waals surface area contributed by atoms with Gasteiger partial charge in [-0.15, -0.1) is 0 Å². The van der Waals surface area contributed by atoms with Crippen molar-refractivity contribution in [2.24, 2.45) is 0 Å². The third-order valence-electron chi connectivity index (χ3n) is 7.44. The second-order valence-electron chi connectivity index (χ2n) is 10.5. The van der Waals surface area contributed by atoms with Crippen molar-refractivity contribution in [2.45, 2.75) is 20.1 Å². The largest absolute Gasteiger partial charge is 0.490 e. The number of urea groups is 1. The summed E-state index contributed by atoms with van der Waals surface area (Å²) in [6, 6.07) is 30.4. The monoisotopic (exact) mass is 710 g/mol. The summed E-state index contributed by atoms with van der Waals surface area (Å²) < 4.78 is 18.5. The van der Waals surface area contributed by atoms with E-state index in [1.807, 2.05) is 67.6 Å². The molecule has 10 heteroatoms. The highest BCUT2D eigenvalue weighted by Gasteiger charge is 2.37. The molecule has 5 aromatic carbocycles. The highest BCUT2D eigenvalue weighted by atomic mass is 79.9. The molecule has 0 aliphatic carbocycles. The summed E-state index contributed by atoms with van der Waals surface area (Å²) in [5.41, 5.74) is 2.37. The number of nitrogens with one attached hydrogen (secondary N) is 1. The number of rotatable bonds is 10. The van der Waals surface area contributed by atoms with Crippen LogP contribution in [0.4, 0.5) is 10.5 Å². The number of amides is 4. The fourth-order valence-electron chi connectivity index (χ4n) is 5.17. The van der Waals surface area contributed by atoms with E-state index in [1.54, 1.807) is 42.5 Å². The van der Waals surface area contributed by atoms with Crippen LogP contribution in [0.15, 0.2) is 113 Å². The van der Waals surface area contributed by atoms with E-state index in [0.29, 0.717) is 45.5 Å². The Morgan fingerprint density at radius 1 is 0.809 bits per heavy atom. The maximum atomic E-state index is 13.6. The first-order valence-electron chi connectivity index (χ1n) is 14.8. The van der Waals surface area contributed by atoms with Crippen molar-refractivity contribution in [3.8, 4) is 17.2 Å². The summed E-state index contributed by atoms with van der Waals surface area (Å²) in [5, 5.41) is 5.05. The number of anilines is 1. The Morgan fingerprint density at radius 2 is 1.51 bits per heavy atom. The SMILES string of the molecule is CCOc1cc(/C=C2\C(=O)NC(=O)N(c3ccc(OCc4ccccc4Cl)cc3)C2=O)cc(Br)c1OCc1cccc2ccccc12. The minimum absolute atomic E-state index is 0.220. The summed E-state index contributed by atoms with van der Waals surface area (Å²) in [6.07, 6.45) is 1.42. The van der Waals surface area contributed by atoms with Gasteiger partial charge in [0.2, 0.25) is 0 Å². The third kappa shape index (κ3) is 7.01. The van der Waals surface area contributed by atoms with Crippen molar-refractivity contribution in [1.29, 1.82) is 0 Å². The normalized spacial score (nSPS) is 14.0. The van der Waals surface area contributed by atoms with Crippen molar-refractivity contribution in [3.05, 3.63) is 135 Å². The lowest BCUT2D eigenvalue weighted by atomic mass is 10.1. The maximum Gasteiger partial charge on any atom is 0.335 e. The molecule has 1 heterocycles. The van der Waals surface area contributed by atoms with Gasteiger partial charge in [0.05, 0.1) is 16.8 Å². The van der Waals surface area contributed by atoms with Crippen LogP contribution in [-0.4, -0.2) is 24.5 Å². The van der Waals surface area contributed by atoms with Gasteiger partial charge in [-0.3, -0.25) is 14.9 Å². The zero-order chi connectivity index (χ0) is 32.9. The Labute approximate surface area is 284 Å². The van der Waals surface area contributed by atoms with Crippen LogP contribution >= 0.6 is 27.5 Å². The molecule has 0 saturated carbocycles. The van der Waals surface area contributed by atoms with Gasteiger partial charge in [0.25, 0.3) is 11.8 Å². The molecule has 0 atom stereocenters. The fourth-order valence-corrected chi connectivity index (χ4v) is 5.93. The second-order valence-corrected chi connectivity index (χ2v) is 11.8. The number of hydrogen-bond acceptors (Lipinski definition) is 6. The standard InChI is InChI=1S/C37H28BrClN2O6/c1-2-45-33-20-23(19-31(38)34(33)47-21-25-11-7-10-24-8-3-5-12-29(24)25)18-30-35(42)40-37(44)41(36(30)43)27-14-16-28(17-15-27)46-22-26-9-4-6-13-32(26)39/h3-20H,2,21-22H2,1H3,(H,40,42,44)/b30-18+. The molecule has 1 N–H and O–H groups in total. The van der Waals surface area contributed by atoms with Gasteiger partial charge >= 0.3 is 6.03 Å². The molecular weight excluding hydrogens is 684 g/mol. The van der Waals surface area contributed by atoms with Gasteiger partial charge in [0, 0.05) is 10.6 Å². The van der Waals surface area contributed by atoms with E-state index >= 15 is 0 Å². The number of carbonyl (C=O) groups excluding carboxylic acids is 3. The Hall–Kier alpha value is -5.12. The third-order valence-corrected chi connectivity index (χ3v) is 8.40. The van der Waals surface area contributed by atoms with E-state index in [2.05, 4.69) is 21.2 Å². The molecule has 1 fully saturated rings. The van der Waals surface area contributed by atoms with Gasteiger partial charge in [-0.2, -0.15) is 0 Å². The molecule has 1 aliphatic heterocycles. The number of hydrogen-bond donors (Lipinski definition) is 1. The summed E-state index contributed by atoms with van der Waals surface area (Å²) >= 11 is 9.79. The minimum atomic E-state index is -0.852. The van der Waals surface area contributed by atoms with E-state index < -0.39 is 17.8 Å². The molecule has 1 aliphatic rings. The summed E-state index contributed by atoms with van der Waals surface area (Å²) in [4.78, 5) is 40.2. The summed E-state index contributed by atoms with van der Waals surface area (Å²) in [7, 11) is 0. The molecule has 5 aromatic rings. The molecule has 0 unspecified atom stereocenters. The molecular formula is C37H28BrClN2O6. The maximum absolute atomic E-state index is 13.6. The summed E-state index contributed by atoms with van der Waals surface area (Å²) in [6.45, 7) is 2.75. The minimum Gasteiger partial charge on any atom is -0.490 e. The second kappa shape index (κ2) is 14.1. The number of benzene rings is 5. The van der Waals surface area contributed by atoms with Crippen LogP contribution < -0.4 is 24.4 Å². The van der Waals surface area contributed by atoms with E-state index in [9.17, 15) is 14.4 Å². The van der Waals surface area contributed by atoms with Crippen LogP contribution in [-0.2, 0) is 22.8 Å². The number of halogens is 2. The predicted octanol–water partition coefficient (Wildman–Crippen LogP) is 8.48. The highest BCUT2D eigenvalue weighted by molar-refractivity contribution is 9.10. The van der Waals surface area contributed by atoms with Gasteiger partial charge in [-0.25, -0.2) is 9.69 Å². The molecule has 0 radical (unpaired) electrons. The lowest BCUT2D eigenvalue weighted by Gasteiger charge is -2.26. The average Bonchev–Trinajstić information content (AvgIpc) is 3.06. The van der Waals surface area contributed by atoms with Gasteiger partial charge in [0.1, 0.15) is 24.5 Å². The fraction of sp³-hybridized carbons (Fsp3) is 0.108. The first-order valence-corrected chi connectivity index (χ1v) is 15.9. The topological polar surface area (TPSA) is 94.2 Å². The molecule has 1 saturated heterocycles. The Balaban J connectivity index is 1.22. The number of fused-ring (bicyclic) bond motifs is 1. The van der Waals surface area contributed by atoms with Crippen LogP contribution in [0.25, 0.3) is 16.8 Å². The first-order chi connectivity index (χ1) is 22.8. The Bertz CT molecular complexity index is 2020. The van der Waals surface area contributed by atoms with Crippen molar-refractivity contribution >= 4 is 67.9 Å². The molecule has 4 amide bonds. The number of ether oxygens (including phenoxy) is 3. The van der Waals surface area contributed by atoms with Gasteiger partial charge in [-0.05, 0) is 93.3 Å². The van der Waals surface area contributed by atoms with E-state index in [1.165, 1.54) is 6.08 Å². The first kappa shape index (κ1) is 31.8. The van der Waals surface area contributed by atoms with Gasteiger partial charge < -0.3 is 14.2 Å². The lowest BCUT2D eigenvalue weighted by Crippen LogP contribution is -2.54. The smallest absolute Gasteiger partial charge is 0.335 e. The highest BCUT2D eigenvalue weighted by Crippen LogP contribution is 2.39. The van der Waals surface area contributed by atoms with Crippen LogP contribution in [0.5, 0.6) is 17.2 Å². The van der Waals surface area contributed by atoms with E-state index in [0.717, 1.165) is 26.8 Å². The van der Waals surface area contributed by atoms with Crippen molar-refractivity contribution in [3.63, 3.8) is 0 Å². The van der Waals surface area contributed by atoms with Crippen LogP contribution in [0, 0.1) is 0 Å². The Kier molecular flexibility index (Phi) is 9.56. The van der Waals surface area contributed by atoms with Crippen molar-refractivity contribution in [2.75, 3.05) is 11.5 Å². The van der Waals surface area contributed by atoms with Crippen LogP contribution in [0.2, 0.25) is 5.02 Å². The molecule has 0 aromatic heterocycles. The van der Waals surface area contributed by atoms with Gasteiger partial charge in [0.15, 0.2) is 11.5 Å². The van der Waals surface area contributed by atoms with Gasteiger partial charge in [-0.1, -0.05) is 72.3 Å². The molecule has 8 nitrogen and oxygen atoms in total. The zero-order valence-electron chi connectivity index (χ0n) is 25.2. The number of carbonyl (C=O) groups is 3. The molecule has 6 rings (SSSR count). The number of imide groups is 2. The van der Waals surface area contributed by atoms with Crippen molar-refractivity contribution < 1.29 is 28.6 Å². The predicted molar refractivity (Wildman–Crippen MR) is 185 cm³/mol. The molecule has 236 valence electrons. The van der Waals surface area contributed by atoms with Crippen LogP contribution in [0.1, 0.15) is 23.6 Å².